The molecule has 0 amide bonds. The third kappa shape index (κ3) is 3.84. The monoisotopic (exact) mass is 294 g/mol. The van der Waals surface area contributed by atoms with E-state index in [2.05, 4.69) is 0 Å². The quantitative estimate of drug-likeness (QED) is 0.827. The summed E-state index contributed by atoms with van der Waals surface area (Å²) in [5.41, 5.74) is 1.14. The fourth-order valence-electron chi connectivity index (χ4n) is 1.59. The Morgan fingerprint density at radius 2 is 1.75 bits per heavy atom. The van der Waals surface area contributed by atoms with Crippen molar-refractivity contribution in [1.82, 2.24) is 0 Å². The summed E-state index contributed by atoms with van der Waals surface area (Å²) in [7, 11) is -4.24. The highest BCUT2D eigenvalue weighted by Gasteiger charge is 2.24. The number of phosphoric ester groups is 1. The van der Waals surface area contributed by atoms with Gasteiger partial charge in [-0.25, -0.2) is 4.57 Å². The summed E-state index contributed by atoms with van der Waals surface area (Å²) in [6.07, 6.45) is 0. The number of phenols is 1. The number of aryl methyl sites for hydroxylation is 1. The van der Waals surface area contributed by atoms with Crippen molar-refractivity contribution in [2.24, 2.45) is 0 Å². The molecule has 0 aliphatic carbocycles. The first kappa shape index (κ1) is 14.6. The van der Waals surface area contributed by atoms with Crippen LogP contribution >= 0.6 is 7.82 Å². The Labute approximate surface area is 117 Å². The lowest BCUT2D eigenvalue weighted by atomic mass is 10.2. The molecular weight excluding hydrogens is 279 g/mol. The summed E-state index contributed by atoms with van der Waals surface area (Å²) in [5, 5.41) is 9.55. The predicted molar refractivity (Wildman–Crippen MR) is 74.5 cm³/mol. The highest BCUT2D eigenvalue weighted by Crippen LogP contribution is 2.45. The molecule has 0 fully saturated rings. The molecule has 6 heteroatoms. The highest BCUT2D eigenvalue weighted by atomic mass is 31.2. The summed E-state index contributed by atoms with van der Waals surface area (Å²) < 4.78 is 21.7. The van der Waals surface area contributed by atoms with E-state index < -0.39 is 7.82 Å². The number of benzene rings is 2. The molecule has 0 aliphatic rings. The van der Waals surface area contributed by atoms with Crippen LogP contribution in [0.25, 0.3) is 0 Å². The molecule has 0 spiro atoms. The average Bonchev–Trinajstić information content (AvgIpc) is 2.40. The lowest BCUT2D eigenvalue weighted by Crippen LogP contribution is -1.99. The van der Waals surface area contributed by atoms with Gasteiger partial charge in [0.2, 0.25) is 0 Å². The van der Waals surface area contributed by atoms with Gasteiger partial charge in [-0.15, -0.1) is 0 Å². The Hall–Kier alpha value is -1.81. The van der Waals surface area contributed by atoms with Crippen molar-refractivity contribution in [3.63, 3.8) is 0 Å². The Morgan fingerprint density at radius 3 is 2.45 bits per heavy atom. The first-order valence-corrected chi connectivity index (χ1v) is 7.47. The van der Waals surface area contributed by atoms with Gasteiger partial charge >= 0.3 is 7.82 Å². The minimum absolute atomic E-state index is 0.00314. The van der Waals surface area contributed by atoms with Crippen molar-refractivity contribution in [3.8, 4) is 11.5 Å². The van der Waals surface area contributed by atoms with Gasteiger partial charge in [0.05, 0.1) is 6.61 Å². The van der Waals surface area contributed by atoms with Crippen molar-refractivity contribution < 1.29 is 23.6 Å². The topological polar surface area (TPSA) is 76.0 Å². The van der Waals surface area contributed by atoms with E-state index >= 15 is 0 Å². The van der Waals surface area contributed by atoms with Gasteiger partial charge in [0, 0.05) is 5.56 Å². The van der Waals surface area contributed by atoms with Crippen LogP contribution in [0.1, 0.15) is 11.1 Å². The molecule has 2 rings (SSSR count). The van der Waals surface area contributed by atoms with E-state index in [1.54, 1.807) is 49.4 Å². The molecule has 0 aliphatic heterocycles. The number of aromatic hydroxyl groups is 1. The maximum atomic E-state index is 11.8. The van der Waals surface area contributed by atoms with Gasteiger partial charge in [0.25, 0.3) is 0 Å². The normalized spacial score (nSPS) is 13.7. The SMILES string of the molecule is Cc1ccccc1OP(=O)(O)OCc1ccccc1O. The van der Waals surface area contributed by atoms with Crippen molar-refractivity contribution in [1.29, 1.82) is 0 Å². The molecule has 0 bridgehead atoms. The zero-order chi connectivity index (χ0) is 14.6. The van der Waals surface area contributed by atoms with Crippen molar-refractivity contribution in [3.05, 3.63) is 59.7 Å². The number of phosphoric acid groups is 1. The number of hydrogen-bond acceptors (Lipinski definition) is 4. The van der Waals surface area contributed by atoms with Crippen LogP contribution in [0.5, 0.6) is 11.5 Å². The molecule has 2 aromatic rings. The molecule has 2 aromatic carbocycles. The van der Waals surface area contributed by atoms with Gasteiger partial charge in [-0.2, -0.15) is 0 Å². The van der Waals surface area contributed by atoms with E-state index in [9.17, 15) is 14.6 Å². The first-order valence-electron chi connectivity index (χ1n) is 5.97. The number of hydrogen-bond donors (Lipinski definition) is 2. The lowest BCUT2D eigenvalue weighted by molar-refractivity contribution is 0.193. The van der Waals surface area contributed by atoms with Crippen LogP contribution in [0.4, 0.5) is 0 Å². The Bertz CT molecular complexity index is 641. The summed E-state index contributed by atoms with van der Waals surface area (Å²) in [6, 6.07) is 13.3. The van der Waals surface area contributed by atoms with Crippen LogP contribution in [0.2, 0.25) is 0 Å². The third-order valence-corrected chi connectivity index (χ3v) is 3.56. The molecule has 2 N–H and O–H groups in total. The molecule has 20 heavy (non-hydrogen) atoms. The van der Waals surface area contributed by atoms with Gasteiger partial charge in [-0.3, -0.25) is 9.42 Å². The van der Waals surface area contributed by atoms with E-state index in [1.807, 2.05) is 0 Å². The van der Waals surface area contributed by atoms with Gasteiger partial charge in [0.15, 0.2) is 0 Å². The number of phenolic OH excluding ortho intramolecular Hbond substituents is 1. The maximum Gasteiger partial charge on any atom is 0.527 e. The van der Waals surface area contributed by atoms with E-state index in [1.165, 1.54) is 6.07 Å². The lowest BCUT2D eigenvalue weighted by Gasteiger charge is -2.14. The maximum absolute atomic E-state index is 11.8. The van der Waals surface area contributed by atoms with Crippen LogP contribution in [-0.4, -0.2) is 10.00 Å². The Kier molecular flexibility index (Phi) is 4.45. The summed E-state index contributed by atoms with van der Waals surface area (Å²) >= 11 is 0. The molecule has 5 nitrogen and oxygen atoms in total. The zero-order valence-electron chi connectivity index (χ0n) is 10.9. The predicted octanol–water partition coefficient (Wildman–Crippen LogP) is 3.40. The molecule has 1 atom stereocenters. The molecule has 1 unspecified atom stereocenters. The van der Waals surface area contributed by atoms with E-state index in [0.29, 0.717) is 5.56 Å². The largest absolute Gasteiger partial charge is 0.527 e. The Morgan fingerprint density at radius 1 is 1.10 bits per heavy atom. The average molecular weight is 294 g/mol. The van der Waals surface area contributed by atoms with Gasteiger partial charge < -0.3 is 9.63 Å². The first-order chi connectivity index (χ1) is 9.48. The molecule has 106 valence electrons. The molecular formula is C14H15O5P. The van der Waals surface area contributed by atoms with Crippen molar-refractivity contribution in [2.45, 2.75) is 13.5 Å². The fourth-order valence-corrected chi connectivity index (χ4v) is 2.40. The molecule has 0 saturated heterocycles. The fraction of sp³-hybridized carbons (Fsp3) is 0.143. The third-order valence-electron chi connectivity index (χ3n) is 2.68. The summed E-state index contributed by atoms with van der Waals surface area (Å²) in [6.45, 7) is 1.55. The summed E-state index contributed by atoms with van der Waals surface area (Å²) in [4.78, 5) is 9.67. The number of para-hydroxylation sites is 2. The second-order valence-electron chi connectivity index (χ2n) is 4.23. The number of rotatable bonds is 5. The van der Waals surface area contributed by atoms with E-state index in [4.69, 9.17) is 9.05 Å². The highest BCUT2D eigenvalue weighted by molar-refractivity contribution is 7.47. The minimum Gasteiger partial charge on any atom is -0.508 e. The summed E-state index contributed by atoms with van der Waals surface area (Å²) in [5.74, 6) is 0.291. The van der Waals surface area contributed by atoms with E-state index in [0.717, 1.165) is 5.56 Å². The van der Waals surface area contributed by atoms with Crippen LogP contribution in [0.3, 0.4) is 0 Å². The Balaban J connectivity index is 2.03. The zero-order valence-corrected chi connectivity index (χ0v) is 11.8. The minimum atomic E-state index is -4.24. The molecule has 0 heterocycles. The van der Waals surface area contributed by atoms with Crippen LogP contribution < -0.4 is 4.52 Å². The second-order valence-corrected chi connectivity index (χ2v) is 5.61. The van der Waals surface area contributed by atoms with Crippen molar-refractivity contribution in [2.75, 3.05) is 0 Å². The second kappa shape index (κ2) is 6.09. The molecule has 0 radical (unpaired) electrons. The van der Waals surface area contributed by atoms with Crippen LogP contribution in [0, 0.1) is 6.92 Å². The van der Waals surface area contributed by atoms with Crippen LogP contribution in [-0.2, 0) is 15.7 Å². The molecule has 0 aromatic heterocycles. The van der Waals surface area contributed by atoms with Gasteiger partial charge in [-0.1, -0.05) is 36.4 Å². The van der Waals surface area contributed by atoms with Gasteiger partial charge in [-0.05, 0) is 24.6 Å². The van der Waals surface area contributed by atoms with Crippen LogP contribution in [0.15, 0.2) is 48.5 Å². The standard InChI is InChI=1S/C14H15O5P/c1-11-6-2-5-9-14(11)19-20(16,17)18-10-12-7-3-4-8-13(12)15/h2-9,15H,10H2,1H3,(H,16,17). The smallest absolute Gasteiger partial charge is 0.508 e. The van der Waals surface area contributed by atoms with E-state index in [-0.39, 0.29) is 18.1 Å². The van der Waals surface area contributed by atoms with Gasteiger partial charge in [0.1, 0.15) is 11.5 Å². The van der Waals surface area contributed by atoms with Crippen molar-refractivity contribution >= 4 is 7.82 Å². The molecule has 0 saturated carbocycles.